The second kappa shape index (κ2) is 7.54. The second-order valence-corrected chi connectivity index (χ2v) is 3.72. The fraction of sp³-hybridized carbons (Fsp3) is 0.833. The molecule has 13 heavy (non-hydrogen) atoms. The van der Waals surface area contributed by atoms with Gasteiger partial charge < -0.3 is 4.74 Å². The first-order valence-electron chi connectivity index (χ1n) is 3.56. The number of esters is 1. The highest BCUT2D eigenvalue weighted by molar-refractivity contribution is 7.85. The maximum absolute atomic E-state index is 10.7. The van der Waals surface area contributed by atoms with Gasteiger partial charge in [0.2, 0.25) is 5.94 Å². The van der Waals surface area contributed by atoms with E-state index >= 15 is 0 Å². The first kappa shape index (κ1) is 15.6. The first-order chi connectivity index (χ1) is 5.45. The van der Waals surface area contributed by atoms with Crippen molar-refractivity contribution in [2.24, 2.45) is 0 Å². The normalized spacial score (nSPS) is 10.3. The molecule has 0 rings (SSSR count). The SMILES string of the molecule is CCCCC(=O)OCS(=O)(=O)O.[MgH2]. The van der Waals surface area contributed by atoms with Gasteiger partial charge >= 0.3 is 39.1 Å². The van der Waals surface area contributed by atoms with Crippen LogP contribution >= 0.6 is 0 Å². The highest BCUT2D eigenvalue weighted by Crippen LogP contribution is 1.97. The van der Waals surface area contributed by atoms with E-state index in [1.165, 1.54) is 0 Å². The van der Waals surface area contributed by atoms with Gasteiger partial charge in [-0.1, -0.05) is 13.3 Å². The Kier molecular flexibility index (Phi) is 9.06. The van der Waals surface area contributed by atoms with Gasteiger partial charge in [-0.2, -0.15) is 8.42 Å². The maximum Gasteiger partial charge on any atom is 0.316 e. The molecule has 1 N–H and O–H groups in total. The number of hydrogen-bond acceptors (Lipinski definition) is 4. The molecule has 0 aliphatic carbocycles. The minimum atomic E-state index is -4.19. The lowest BCUT2D eigenvalue weighted by Crippen LogP contribution is -2.12. The molecule has 0 amide bonds. The predicted octanol–water partition coefficient (Wildman–Crippen LogP) is -0.351. The van der Waals surface area contributed by atoms with Crippen LogP contribution in [0.25, 0.3) is 0 Å². The monoisotopic (exact) mass is 222 g/mol. The molecule has 5 nitrogen and oxygen atoms in total. The van der Waals surface area contributed by atoms with E-state index in [-0.39, 0.29) is 29.5 Å². The molecule has 0 unspecified atom stereocenters. The van der Waals surface area contributed by atoms with E-state index < -0.39 is 22.0 Å². The molecule has 0 atom stereocenters. The third-order valence-electron chi connectivity index (χ3n) is 1.10. The number of rotatable bonds is 5. The van der Waals surface area contributed by atoms with Crippen molar-refractivity contribution in [1.29, 1.82) is 0 Å². The molecule has 0 fully saturated rings. The Bertz CT molecular complexity index is 235. The van der Waals surface area contributed by atoms with Crippen molar-refractivity contribution in [3.8, 4) is 0 Å². The zero-order chi connectivity index (χ0) is 9.61. The molecule has 0 radical (unpaired) electrons. The highest BCUT2D eigenvalue weighted by atomic mass is 32.2. The average Bonchev–Trinajstić information content (AvgIpc) is 1.95. The summed E-state index contributed by atoms with van der Waals surface area (Å²) in [5.41, 5.74) is 0. The number of unbranched alkanes of at least 4 members (excludes halogenated alkanes) is 1. The summed E-state index contributed by atoms with van der Waals surface area (Å²) in [6, 6.07) is 0. The van der Waals surface area contributed by atoms with Gasteiger partial charge in [0.1, 0.15) is 0 Å². The molecule has 0 saturated carbocycles. The molecule has 0 heterocycles. The molecular formula is C6H14MgO5S. The lowest BCUT2D eigenvalue weighted by molar-refractivity contribution is -0.141. The Labute approximate surface area is 93.7 Å². The third kappa shape index (κ3) is 12.1. The first-order valence-corrected chi connectivity index (χ1v) is 5.17. The van der Waals surface area contributed by atoms with Gasteiger partial charge in [-0.05, 0) is 6.42 Å². The third-order valence-corrected chi connectivity index (χ3v) is 1.52. The van der Waals surface area contributed by atoms with Crippen LogP contribution in [0.5, 0.6) is 0 Å². The lowest BCUT2D eigenvalue weighted by atomic mass is 10.3. The van der Waals surface area contributed by atoms with Gasteiger partial charge in [-0.25, -0.2) is 0 Å². The van der Waals surface area contributed by atoms with Crippen LogP contribution in [-0.2, 0) is 19.6 Å². The van der Waals surface area contributed by atoms with Gasteiger partial charge in [-0.3, -0.25) is 9.35 Å². The molecule has 0 aliphatic heterocycles. The molecule has 76 valence electrons. The zero-order valence-electron chi connectivity index (χ0n) is 6.82. The van der Waals surface area contributed by atoms with E-state index in [1.807, 2.05) is 6.92 Å². The van der Waals surface area contributed by atoms with E-state index in [9.17, 15) is 13.2 Å². The molecule has 0 aliphatic rings. The van der Waals surface area contributed by atoms with Crippen molar-refractivity contribution in [2.75, 3.05) is 5.94 Å². The number of ether oxygens (including phenoxy) is 1. The summed E-state index contributed by atoms with van der Waals surface area (Å²) < 4.78 is 32.6. The fourth-order valence-corrected chi connectivity index (χ4v) is 0.814. The van der Waals surface area contributed by atoms with Crippen LogP contribution in [0.4, 0.5) is 0 Å². The minimum absolute atomic E-state index is 0. The van der Waals surface area contributed by atoms with E-state index in [0.29, 0.717) is 6.42 Å². The summed E-state index contributed by atoms with van der Waals surface area (Å²) in [4.78, 5) is 10.7. The largest absolute Gasteiger partial charge is 0.447 e. The summed E-state index contributed by atoms with van der Waals surface area (Å²) in [6.07, 6.45) is 1.68. The minimum Gasteiger partial charge on any atom is -0.447 e. The van der Waals surface area contributed by atoms with Crippen molar-refractivity contribution in [3.63, 3.8) is 0 Å². The van der Waals surface area contributed by atoms with E-state index in [4.69, 9.17) is 4.55 Å². The van der Waals surface area contributed by atoms with Crippen LogP contribution in [0, 0.1) is 0 Å². The Morgan fingerprint density at radius 2 is 2.00 bits per heavy atom. The molecule has 7 heteroatoms. The number of hydrogen-bond donors (Lipinski definition) is 1. The lowest BCUT2D eigenvalue weighted by Gasteiger charge is -2.00. The van der Waals surface area contributed by atoms with Gasteiger partial charge in [-0.15, -0.1) is 0 Å². The van der Waals surface area contributed by atoms with Crippen molar-refractivity contribution in [1.82, 2.24) is 0 Å². The van der Waals surface area contributed by atoms with Crippen LogP contribution in [0.1, 0.15) is 26.2 Å². The maximum atomic E-state index is 10.7. The summed E-state index contributed by atoms with van der Waals surface area (Å²) >= 11 is 0. The Hall–Kier alpha value is 0.146. The van der Waals surface area contributed by atoms with Crippen LogP contribution in [0.2, 0.25) is 0 Å². The van der Waals surface area contributed by atoms with E-state index in [1.54, 1.807) is 0 Å². The van der Waals surface area contributed by atoms with Crippen molar-refractivity contribution in [3.05, 3.63) is 0 Å². The van der Waals surface area contributed by atoms with Crippen LogP contribution in [0.3, 0.4) is 0 Å². The van der Waals surface area contributed by atoms with Crippen LogP contribution in [0.15, 0.2) is 0 Å². The smallest absolute Gasteiger partial charge is 0.316 e. The summed E-state index contributed by atoms with van der Waals surface area (Å²) in [7, 11) is -4.19. The Morgan fingerprint density at radius 1 is 1.46 bits per heavy atom. The van der Waals surface area contributed by atoms with E-state index in [2.05, 4.69) is 4.74 Å². The predicted molar refractivity (Wildman–Crippen MR) is 50.6 cm³/mol. The topological polar surface area (TPSA) is 80.7 Å². The van der Waals surface area contributed by atoms with Gasteiger partial charge in [0.15, 0.2) is 0 Å². The molecule has 0 aromatic rings. The number of carbonyl (C=O) groups excluding carboxylic acids is 1. The molecule has 0 aromatic heterocycles. The molecule has 0 saturated heterocycles. The Balaban J connectivity index is 0. The Morgan fingerprint density at radius 3 is 2.38 bits per heavy atom. The van der Waals surface area contributed by atoms with Crippen molar-refractivity contribution in [2.45, 2.75) is 26.2 Å². The second-order valence-electron chi connectivity index (χ2n) is 2.32. The van der Waals surface area contributed by atoms with Crippen LogP contribution < -0.4 is 0 Å². The zero-order valence-corrected chi connectivity index (χ0v) is 7.63. The van der Waals surface area contributed by atoms with Crippen molar-refractivity contribution < 1.29 is 22.5 Å². The molecule has 0 bridgehead atoms. The standard InChI is InChI=1S/C6H12O5S.Mg.2H/c1-2-3-4-6(7)11-5-12(8,9)10;;;/h2-5H2,1H3,(H,8,9,10);;;. The number of carbonyl (C=O) groups is 1. The molecular weight excluding hydrogens is 208 g/mol. The van der Waals surface area contributed by atoms with Gasteiger partial charge in [0, 0.05) is 6.42 Å². The molecule has 0 aromatic carbocycles. The molecule has 0 spiro atoms. The average molecular weight is 223 g/mol. The summed E-state index contributed by atoms with van der Waals surface area (Å²) in [6.45, 7) is 1.90. The fourth-order valence-electron chi connectivity index (χ4n) is 0.533. The van der Waals surface area contributed by atoms with Crippen LogP contribution in [-0.4, -0.2) is 47.9 Å². The van der Waals surface area contributed by atoms with Gasteiger partial charge in [0.05, 0.1) is 0 Å². The summed E-state index contributed by atoms with van der Waals surface area (Å²) in [5, 5.41) is 0. The van der Waals surface area contributed by atoms with Crippen molar-refractivity contribution >= 4 is 39.1 Å². The van der Waals surface area contributed by atoms with Gasteiger partial charge in [0.25, 0.3) is 0 Å². The highest BCUT2D eigenvalue weighted by Gasteiger charge is 2.08. The van der Waals surface area contributed by atoms with E-state index in [0.717, 1.165) is 6.42 Å². The quantitative estimate of drug-likeness (QED) is 0.391. The summed E-state index contributed by atoms with van der Waals surface area (Å²) in [5.74, 6) is -1.55.